The number of halogens is 1. The number of hydrogen-bond donors (Lipinski definition) is 1. The molecule has 0 radical (unpaired) electrons. The Morgan fingerprint density at radius 2 is 2.11 bits per heavy atom. The van der Waals surface area contributed by atoms with Crippen LogP contribution in [0.1, 0.15) is 23.0 Å². The van der Waals surface area contributed by atoms with Crippen LogP contribution in [0.5, 0.6) is 0 Å². The van der Waals surface area contributed by atoms with Crippen molar-refractivity contribution in [3.05, 3.63) is 41.3 Å². The lowest BCUT2D eigenvalue weighted by atomic mass is 10.1. The van der Waals surface area contributed by atoms with Crippen LogP contribution in [0.3, 0.4) is 0 Å². The van der Waals surface area contributed by atoms with Crippen molar-refractivity contribution in [1.82, 2.24) is 15.2 Å². The third-order valence-corrected chi connectivity index (χ3v) is 5.41. The zero-order valence-corrected chi connectivity index (χ0v) is 16.1. The van der Waals surface area contributed by atoms with E-state index >= 15 is 0 Å². The fourth-order valence-corrected chi connectivity index (χ4v) is 3.82. The first-order valence-electron chi connectivity index (χ1n) is 7.96. The molecule has 2 heterocycles. The molecule has 0 saturated carbocycles. The van der Waals surface area contributed by atoms with Crippen LogP contribution in [0, 0.1) is 12.7 Å². The van der Waals surface area contributed by atoms with Gasteiger partial charge in [-0.15, -0.1) is 10.2 Å². The largest absolute Gasteiger partial charge is 0.465 e. The number of anilines is 1. The molecule has 10 heteroatoms. The number of rotatable bonds is 6. The van der Waals surface area contributed by atoms with Crippen molar-refractivity contribution >= 4 is 51.0 Å². The molecule has 0 aliphatic carbocycles. The summed E-state index contributed by atoms with van der Waals surface area (Å²) in [7, 11) is 0. The van der Waals surface area contributed by atoms with Gasteiger partial charge in [0, 0.05) is 11.5 Å². The van der Waals surface area contributed by atoms with E-state index in [1.165, 1.54) is 23.9 Å². The average molecular weight is 406 g/mol. The van der Waals surface area contributed by atoms with E-state index in [1.807, 2.05) is 0 Å². The number of hydrogen-bond acceptors (Lipinski definition) is 8. The number of benzene rings is 1. The summed E-state index contributed by atoms with van der Waals surface area (Å²) in [6, 6.07) is 5.87. The summed E-state index contributed by atoms with van der Waals surface area (Å²) >= 11 is 2.35. The Balaban J connectivity index is 1.70. The molecule has 1 amide bonds. The molecular weight excluding hydrogens is 391 g/mol. The molecule has 2 aromatic heterocycles. The van der Waals surface area contributed by atoms with Crippen molar-refractivity contribution in [2.75, 3.05) is 17.7 Å². The van der Waals surface area contributed by atoms with Crippen LogP contribution >= 0.6 is 23.1 Å². The molecule has 1 aromatic carbocycles. The minimum Gasteiger partial charge on any atom is -0.465 e. The molecule has 0 aliphatic rings. The third kappa shape index (κ3) is 4.77. The van der Waals surface area contributed by atoms with E-state index < -0.39 is 0 Å². The zero-order chi connectivity index (χ0) is 19.4. The molecule has 1 N–H and O–H groups in total. The molecule has 0 aliphatic heterocycles. The van der Waals surface area contributed by atoms with E-state index in [-0.39, 0.29) is 23.4 Å². The summed E-state index contributed by atoms with van der Waals surface area (Å²) in [5, 5.41) is 11.5. The normalized spacial score (nSPS) is 10.8. The van der Waals surface area contributed by atoms with Crippen molar-refractivity contribution in [3.8, 4) is 0 Å². The Morgan fingerprint density at radius 3 is 2.89 bits per heavy atom. The predicted molar refractivity (Wildman–Crippen MR) is 102 cm³/mol. The first-order chi connectivity index (χ1) is 13.0. The van der Waals surface area contributed by atoms with Crippen molar-refractivity contribution in [2.45, 2.75) is 18.2 Å². The topological polar surface area (TPSA) is 94.1 Å². The number of nitrogens with one attached hydrogen (secondary N) is 1. The van der Waals surface area contributed by atoms with Gasteiger partial charge in [-0.25, -0.2) is 4.39 Å². The Morgan fingerprint density at radius 1 is 1.30 bits per heavy atom. The minimum absolute atomic E-state index is 0.126. The van der Waals surface area contributed by atoms with Gasteiger partial charge in [0.25, 0.3) is 5.91 Å². The second-order valence-corrected chi connectivity index (χ2v) is 7.58. The summed E-state index contributed by atoms with van der Waals surface area (Å²) in [6.45, 7) is 3.74. The maximum atomic E-state index is 13.3. The van der Waals surface area contributed by atoms with Crippen LogP contribution in [0.2, 0.25) is 0 Å². The van der Waals surface area contributed by atoms with E-state index in [0.717, 1.165) is 11.3 Å². The zero-order valence-electron chi connectivity index (χ0n) is 14.5. The van der Waals surface area contributed by atoms with Gasteiger partial charge < -0.3 is 4.74 Å². The second kappa shape index (κ2) is 8.40. The highest BCUT2D eigenvalue weighted by Crippen LogP contribution is 2.26. The highest BCUT2D eigenvalue weighted by Gasteiger charge is 2.15. The van der Waals surface area contributed by atoms with Crippen molar-refractivity contribution in [2.24, 2.45) is 0 Å². The Labute approximate surface area is 162 Å². The lowest BCUT2D eigenvalue weighted by molar-refractivity contribution is -0.139. The number of ether oxygens (including phenoxy) is 1. The number of thioether (sulfide) groups is 1. The fourth-order valence-electron chi connectivity index (χ4n) is 2.27. The molecule has 0 unspecified atom stereocenters. The molecule has 27 heavy (non-hydrogen) atoms. The van der Waals surface area contributed by atoms with Crippen LogP contribution in [0.15, 0.2) is 28.6 Å². The number of carbonyl (C=O) groups excluding carboxylic acids is 2. The Kier molecular flexibility index (Phi) is 5.97. The molecular formula is C17H15FN4O3S2. The molecule has 0 saturated heterocycles. The summed E-state index contributed by atoms with van der Waals surface area (Å²) in [5.41, 5.74) is 1.33. The van der Waals surface area contributed by atoms with E-state index in [4.69, 9.17) is 4.74 Å². The standard InChI is InChI=1S/C17H15FN4O3S2/c1-3-25-14(23)8-26-17-22-21-16(27-17)20-15(24)12-6-10-4-5-11(18)7-13(10)19-9(12)2/h4-7H,3,8H2,1-2H3,(H,20,21,24). The van der Waals surface area contributed by atoms with Crippen molar-refractivity contribution < 1.29 is 18.7 Å². The third-order valence-electron chi connectivity index (χ3n) is 3.46. The van der Waals surface area contributed by atoms with Gasteiger partial charge in [-0.2, -0.15) is 0 Å². The smallest absolute Gasteiger partial charge is 0.316 e. The maximum absolute atomic E-state index is 13.3. The number of aromatic nitrogens is 3. The van der Waals surface area contributed by atoms with Gasteiger partial charge in [-0.05, 0) is 32.0 Å². The van der Waals surface area contributed by atoms with Crippen LogP contribution in [-0.4, -0.2) is 39.4 Å². The van der Waals surface area contributed by atoms with Crippen LogP contribution in [-0.2, 0) is 9.53 Å². The second-order valence-electron chi connectivity index (χ2n) is 5.38. The lowest BCUT2D eigenvalue weighted by Crippen LogP contribution is -2.14. The van der Waals surface area contributed by atoms with Crippen LogP contribution in [0.25, 0.3) is 10.9 Å². The fraction of sp³-hybridized carbons (Fsp3) is 0.235. The summed E-state index contributed by atoms with van der Waals surface area (Å²) in [4.78, 5) is 28.2. The average Bonchev–Trinajstić information content (AvgIpc) is 3.07. The van der Waals surface area contributed by atoms with E-state index in [2.05, 4.69) is 20.5 Å². The van der Waals surface area contributed by atoms with Gasteiger partial charge in [0.05, 0.1) is 29.1 Å². The molecule has 0 spiro atoms. The summed E-state index contributed by atoms with van der Waals surface area (Å²) in [6.07, 6.45) is 0. The van der Waals surface area contributed by atoms with E-state index in [0.29, 0.717) is 38.2 Å². The molecule has 3 aromatic rings. The quantitative estimate of drug-likeness (QED) is 0.381. The van der Waals surface area contributed by atoms with Crippen molar-refractivity contribution in [3.63, 3.8) is 0 Å². The summed E-state index contributed by atoms with van der Waals surface area (Å²) < 4.78 is 18.7. The van der Waals surface area contributed by atoms with Crippen molar-refractivity contribution in [1.29, 1.82) is 0 Å². The monoisotopic (exact) mass is 406 g/mol. The molecule has 0 bridgehead atoms. The SMILES string of the molecule is CCOC(=O)CSc1nnc(NC(=O)c2cc3ccc(F)cc3nc2C)s1. The first-order valence-corrected chi connectivity index (χ1v) is 9.76. The highest BCUT2D eigenvalue weighted by atomic mass is 32.2. The number of aryl methyl sites for hydroxylation is 1. The lowest BCUT2D eigenvalue weighted by Gasteiger charge is -2.07. The van der Waals surface area contributed by atoms with Gasteiger partial charge in [-0.3, -0.25) is 19.9 Å². The van der Waals surface area contributed by atoms with Crippen LogP contribution in [0.4, 0.5) is 9.52 Å². The van der Waals surface area contributed by atoms with Gasteiger partial charge in [0.2, 0.25) is 5.13 Å². The van der Waals surface area contributed by atoms with Gasteiger partial charge >= 0.3 is 5.97 Å². The van der Waals surface area contributed by atoms with E-state index in [1.54, 1.807) is 26.0 Å². The Hall–Kier alpha value is -2.59. The summed E-state index contributed by atoms with van der Waals surface area (Å²) in [5.74, 6) is -0.976. The molecule has 3 rings (SSSR count). The van der Waals surface area contributed by atoms with Gasteiger partial charge in [0.15, 0.2) is 4.34 Å². The maximum Gasteiger partial charge on any atom is 0.316 e. The Bertz CT molecular complexity index is 1010. The predicted octanol–water partition coefficient (Wildman–Crippen LogP) is 3.44. The number of amides is 1. The number of carbonyl (C=O) groups is 2. The number of fused-ring (bicyclic) bond motifs is 1. The number of nitrogens with zero attached hydrogens (tertiary/aromatic N) is 3. The molecule has 140 valence electrons. The first kappa shape index (κ1) is 19.2. The number of pyridine rings is 1. The minimum atomic E-state index is -0.385. The number of esters is 1. The molecule has 0 fully saturated rings. The van der Waals surface area contributed by atoms with E-state index in [9.17, 15) is 14.0 Å². The van der Waals surface area contributed by atoms with Gasteiger partial charge in [0.1, 0.15) is 5.82 Å². The molecule has 0 atom stereocenters. The van der Waals surface area contributed by atoms with Crippen LogP contribution < -0.4 is 5.32 Å². The van der Waals surface area contributed by atoms with Gasteiger partial charge in [-0.1, -0.05) is 23.1 Å². The molecule has 7 nitrogen and oxygen atoms in total. The highest BCUT2D eigenvalue weighted by molar-refractivity contribution is 8.01.